The molecule has 46 heavy (non-hydrogen) atoms. The zero-order chi connectivity index (χ0) is 32.6. The van der Waals surface area contributed by atoms with Crippen LogP contribution < -0.4 is 31.9 Å². The first kappa shape index (κ1) is 43.1. The Bertz CT molecular complexity index is 1340. The summed E-state index contributed by atoms with van der Waals surface area (Å²) in [6.07, 6.45) is -0.668. The van der Waals surface area contributed by atoms with Gasteiger partial charge >= 0.3 is 5.97 Å². The van der Waals surface area contributed by atoms with Crippen LogP contribution in [0.5, 0.6) is 0 Å². The summed E-state index contributed by atoms with van der Waals surface area (Å²) in [6, 6.07) is 13.3. The van der Waals surface area contributed by atoms with E-state index in [1.807, 2.05) is 42.5 Å². The first-order chi connectivity index (χ1) is 20.8. The fraction of sp³-hybridized carbons (Fsp3) is 0.300. The molecular weight excluding hydrogens is 887 g/mol. The van der Waals surface area contributed by atoms with Crippen molar-refractivity contribution in [3.63, 3.8) is 0 Å². The molecule has 0 aliphatic rings. The van der Waals surface area contributed by atoms with Gasteiger partial charge in [-0.15, -0.1) is 0 Å². The Morgan fingerprint density at radius 3 is 1.70 bits per heavy atom. The van der Waals surface area contributed by atoms with Crippen LogP contribution in [-0.2, 0) is 40.0 Å². The van der Waals surface area contributed by atoms with Crippen LogP contribution in [0.4, 0.5) is 0 Å². The SMILES string of the molecule is [CH2-]C(=O)NCC(NC([CH2-])=O)C(=O)NCCNC(=O)[C@H](CC(=O)O)NC(=O)[C@H](Cc1ccc(-c2ccccc2)cc1)NC(C)=O.[Gd].[Gd]. The Balaban J connectivity index is 0.0000101. The summed E-state index contributed by atoms with van der Waals surface area (Å²) in [5.41, 5.74) is 2.68. The maximum absolute atomic E-state index is 13.1. The van der Waals surface area contributed by atoms with Gasteiger partial charge in [0.25, 0.3) is 0 Å². The van der Waals surface area contributed by atoms with Crippen LogP contribution >= 0.6 is 0 Å². The van der Waals surface area contributed by atoms with Crippen molar-refractivity contribution in [3.8, 4) is 11.1 Å². The van der Waals surface area contributed by atoms with Crippen LogP contribution in [0.25, 0.3) is 11.1 Å². The number of nitrogens with one attached hydrogen (secondary N) is 6. The molecule has 7 N–H and O–H groups in total. The largest absolute Gasteiger partial charge is 0.481 e. The van der Waals surface area contributed by atoms with Crippen molar-refractivity contribution in [2.24, 2.45) is 0 Å². The van der Waals surface area contributed by atoms with Gasteiger partial charge in [0.05, 0.1) is 18.2 Å². The second-order valence-electron chi connectivity index (χ2n) is 9.69. The second-order valence-corrected chi connectivity index (χ2v) is 9.69. The number of aliphatic carboxylic acids is 1. The van der Waals surface area contributed by atoms with E-state index in [1.54, 1.807) is 12.1 Å². The van der Waals surface area contributed by atoms with Gasteiger partial charge in [0, 0.05) is 113 Å². The van der Waals surface area contributed by atoms with Gasteiger partial charge in [-0.2, -0.15) is 0 Å². The molecule has 0 radical (unpaired) electrons. The predicted molar refractivity (Wildman–Crippen MR) is 159 cm³/mol. The van der Waals surface area contributed by atoms with E-state index in [0.29, 0.717) is 0 Å². The molecule has 2 aromatic rings. The third-order valence-electron chi connectivity index (χ3n) is 6.09. The van der Waals surface area contributed by atoms with E-state index in [-0.39, 0.29) is 106 Å². The van der Waals surface area contributed by atoms with Gasteiger partial charge in [-0.05, 0) is 16.7 Å². The number of carboxylic acids is 1. The summed E-state index contributed by atoms with van der Waals surface area (Å²) in [5.74, 6) is -5.56. The van der Waals surface area contributed by atoms with E-state index >= 15 is 0 Å². The molecule has 16 heteroatoms. The van der Waals surface area contributed by atoms with Crippen LogP contribution in [0.2, 0.25) is 0 Å². The molecule has 0 aromatic heterocycles. The Hall–Kier alpha value is -2.88. The molecule has 3 atom stereocenters. The molecule has 14 nitrogen and oxygen atoms in total. The van der Waals surface area contributed by atoms with Crippen LogP contribution in [0.3, 0.4) is 0 Å². The summed E-state index contributed by atoms with van der Waals surface area (Å²) < 4.78 is 0. The molecule has 0 fully saturated rings. The van der Waals surface area contributed by atoms with Crippen molar-refractivity contribution in [2.45, 2.75) is 37.9 Å². The number of carbonyl (C=O) groups excluding carboxylic acids is 6. The molecule has 6 amide bonds. The quantitative estimate of drug-likeness (QED) is 0.0807. The minimum Gasteiger partial charge on any atom is -0.481 e. The molecule has 0 saturated heterocycles. The molecule has 2 rings (SSSR count). The molecular formula is C30H36Gd2N6O8-2. The van der Waals surface area contributed by atoms with Gasteiger partial charge in [0.2, 0.25) is 23.6 Å². The standard InChI is InChI=1S/C30H36N6O8.2Gd/c1-18(37)33-17-26(35-20(3)39)29(43)32-14-13-31-28(42)25(16-27(40)41)36-30(44)24(34-19(2)38)15-21-9-11-23(12-10-21)22-7-5-4-6-8-22;;/h4-12,24-26H,1,3,13-17H2,2H3,(H,31,42)(H,32,43)(H,33,37)(H,34,38)(H,35,39)(H,36,44)(H,40,41);;/q-2;;/t24-,25-,26?;;/m0../s1. The van der Waals surface area contributed by atoms with Gasteiger partial charge in [-0.3, -0.25) is 24.0 Å². The van der Waals surface area contributed by atoms with Crippen LogP contribution in [0.1, 0.15) is 18.9 Å². The van der Waals surface area contributed by atoms with E-state index < -0.39 is 66.0 Å². The minimum atomic E-state index is -1.49. The van der Waals surface area contributed by atoms with Crippen molar-refractivity contribution in [1.29, 1.82) is 0 Å². The molecule has 0 heterocycles. The minimum absolute atomic E-state index is 0. The van der Waals surface area contributed by atoms with E-state index in [0.717, 1.165) is 16.7 Å². The van der Waals surface area contributed by atoms with Gasteiger partial charge in [0.1, 0.15) is 18.1 Å². The average Bonchev–Trinajstić information content (AvgIpc) is 2.96. The van der Waals surface area contributed by atoms with Crippen molar-refractivity contribution in [2.75, 3.05) is 19.6 Å². The van der Waals surface area contributed by atoms with Crippen molar-refractivity contribution in [1.82, 2.24) is 31.9 Å². The summed E-state index contributed by atoms with van der Waals surface area (Å²) in [7, 11) is 0. The summed E-state index contributed by atoms with van der Waals surface area (Å²) in [5, 5.41) is 23.7. The first-order valence-corrected chi connectivity index (χ1v) is 13.6. The van der Waals surface area contributed by atoms with Gasteiger partial charge < -0.3 is 60.4 Å². The third kappa shape index (κ3) is 16.6. The zero-order valence-electron chi connectivity index (χ0n) is 24.9. The smallest absolute Gasteiger partial charge is 0.305 e. The Morgan fingerprint density at radius 1 is 0.652 bits per heavy atom. The Labute approximate surface area is 331 Å². The number of rotatable bonds is 16. The molecule has 0 saturated carbocycles. The molecule has 0 bridgehead atoms. The topological polar surface area (TPSA) is 212 Å². The summed E-state index contributed by atoms with van der Waals surface area (Å²) in [6.45, 7) is 6.92. The third-order valence-corrected chi connectivity index (χ3v) is 6.09. The Morgan fingerprint density at radius 2 is 1.20 bits per heavy atom. The molecule has 0 aliphatic carbocycles. The van der Waals surface area contributed by atoms with Gasteiger partial charge in [-0.1, -0.05) is 54.6 Å². The number of benzene rings is 2. The number of amides is 6. The molecule has 2 aromatic carbocycles. The maximum Gasteiger partial charge on any atom is 0.305 e. The van der Waals surface area contributed by atoms with Crippen LogP contribution in [0.15, 0.2) is 54.6 Å². The fourth-order valence-corrected chi connectivity index (χ4v) is 4.05. The summed E-state index contributed by atoms with van der Waals surface area (Å²) >= 11 is 0. The Kier molecular flexibility index (Phi) is 21.2. The molecule has 0 spiro atoms. The fourth-order valence-electron chi connectivity index (χ4n) is 4.05. The van der Waals surface area contributed by atoms with Crippen LogP contribution in [-0.4, -0.2) is 84.3 Å². The van der Waals surface area contributed by atoms with Gasteiger partial charge in [0.15, 0.2) is 0 Å². The number of hydrogen-bond acceptors (Lipinski definition) is 7. The van der Waals surface area contributed by atoms with E-state index in [2.05, 4.69) is 45.7 Å². The predicted octanol–water partition coefficient (Wildman–Crippen LogP) is -1.14. The van der Waals surface area contributed by atoms with Crippen molar-refractivity contribution < 1.29 is 119 Å². The average molecular weight is 923 g/mol. The normalized spacial score (nSPS) is 11.8. The zero-order valence-corrected chi connectivity index (χ0v) is 29.4. The van der Waals surface area contributed by atoms with E-state index in [1.165, 1.54) is 6.92 Å². The maximum atomic E-state index is 13.1. The summed E-state index contributed by atoms with van der Waals surface area (Å²) in [4.78, 5) is 83.8. The molecule has 0 aliphatic heterocycles. The van der Waals surface area contributed by atoms with E-state index in [9.17, 15) is 38.7 Å². The van der Waals surface area contributed by atoms with Gasteiger partial charge in [-0.25, -0.2) is 0 Å². The number of carbonyl (C=O) groups is 7. The molecule has 252 valence electrons. The number of carboxylic acid groups (broad SMARTS) is 1. The molecule has 1 unspecified atom stereocenters. The van der Waals surface area contributed by atoms with Crippen molar-refractivity contribution in [3.05, 3.63) is 74.0 Å². The van der Waals surface area contributed by atoms with Crippen molar-refractivity contribution >= 4 is 41.4 Å². The van der Waals surface area contributed by atoms with Crippen LogP contribution in [0, 0.1) is 93.7 Å². The number of hydrogen-bond donors (Lipinski definition) is 7. The van der Waals surface area contributed by atoms with E-state index in [4.69, 9.17) is 0 Å². The first-order valence-electron chi connectivity index (χ1n) is 13.6. The second kappa shape index (κ2) is 22.6. The monoisotopic (exact) mass is 924 g/mol.